The minimum absolute atomic E-state index is 0.890. The van der Waals surface area contributed by atoms with Gasteiger partial charge >= 0.3 is 0 Å². The molecule has 0 bridgehead atoms. The van der Waals surface area contributed by atoms with Gasteiger partial charge in [-0.25, -0.2) is 0 Å². The summed E-state index contributed by atoms with van der Waals surface area (Å²) < 4.78 is 6.77. The Kier molecular flexibility index (Phi) is 6.89. The molecule has 1 heteroatoms. The van der Waals surface area contributed by atoms with Crippen LogP contribution < -0.4 is 0 Å². The molecular formula is C50H32O. The molecule has 0 aliphatic heterocycles. The molecule has 0 saturated carbocycles. The van der Waals surface area contributed by atoms with Crippen molar-refractivity contribution in [1.29, 1.82) is 0 Å². The average Bonchev–Trinajstić information content (AvgIpc) is 3.60. The first-order chi connectivity index (χ1) is 25.3. The SMILES string of the molecule is c1ccc(-c2ccc3c(-c4cccc5oc6c(-c7ccccc7)cccc6c45)c4ccc(-c5ccccc5)cc4c(-c4ccccc4)c3c2)cc1. The topological polar surface area (TPSA) is 13.1 Å². The van der Waals surface area contributed by atoms with Gasteiger partial charge in [0.1, 0.15) is 11.2 Å². The fraction of sp³-hybridized carbons (Fsp3) is 0. The molecule has 1 aromatic heterocycles. The smallest absolute Gasteiger partial charge is 0.143 e. The van der Waals surface area contributed by atoms with Gasteiger partial charge in [0, 0.05) is 16.3 Å². The summed E-state index contributed by atoms with van der Waals surface area (Å²) >= 11 is 0. The van der Waals surface area contributed by atoms with Crippen LogP contribution in [0, 0.1) is 0 Å². The zero-order valence-electron chi connectivity index (χ0n) is 27.9. The van der Waals surface area contributed by atoms with Crippen molar-refractivity contribution in [2.24, 2.45) is 0 Å². The first kappa shape index (κ1) is 29.2. The predicted octanol–water partition coefficient (Wildman–Crippen LogP) is 14.2. The standard InChI is InChI=1S/C50H32O/c1-5-15-33(16-6-1)37-27-29-40-44(31-37)47(36-21-11-4-12-22-36)45-32-38(34-17-7-2-8-18-34)28-30-41(45)48(40)42-24-14-26-46-49(42)43-25-13-23-39(50(43)51-46)35-19-9-3-10-20-35/h1-32H. The average molecular weight is 649 g/mol. The molecule has 0 N–H and O–H groups in total. The van der Waals surface area contributed by atoms with Crippen LogP contribution in [0.3, 0.4) is 0 Å². The van der Waals surface area contributed by atoms with Crippen LogP contribution in [0.1, 0.15) is 0 Å². The van der Waals surface area contributed by atoms with Gasteiger partial charge < -0.3 is 4.42 Å². The molecule has 0 aliphatic carbocycles. The molecule has 238 valence electrons. The Morgan fingerprint density at radius 2 is 0.765 bits per heavy atom. The van der Waals surface area contributed by atoms with E-state index in [1.54, 1.807) is 0 Å². The third kappa shape index (κ3) is 4.86. The van der Waals surface area contributed by atoms with Gasteiger partial charge in [-0.2, -0.15) is 0 Å². The second kappa shape index (κ2) is 12.0. The Bertz CT molecular complexity index is 2770. The maximum Gasteiger partial charge on any atom is 0.143 e. The molecule has 0 spiro atoms. The molecule has 0 atom stereocenters. The Morgan fingerprint density at radius 1 is 0.275 bits per heavy atom. The number of hydrogen-bond donors (Lipinski definition) is 0. The maximum absolute atomic E-state index is 6.77. The Morgan fingerprint density at radius 3 is 1.33 bits per heavy atom. The first-order valence-corrected chi connectivity index (χ1v) is 17.5. The number of furan rings is 1. The number of rotatable bonds is 5. The van der Waals surface area contributed by atoms with Gasteiger partial charge in [-0.3, -0.25) is 0 Å². The minimum Gasteiger partial charge on any atom is -0.455 e. The van der Waals surface area contributed by atoms with Crippen LogP contribution in [-0.2, 0) is 0 Å². The molecule has 0 aliphatic rings. The normalized spacial score (nSPS) is 11.5. The molecule has 1 heterocycles. The molecule has 0 fully saturated rings. The monoisotopic (exact) mass is 648 g/mol. The van der Waals surface area contributed by atoms with Crippen molar-refractivity contribution in [2.45, 2.75) is 0 Å². The largest absolute Gasteiger partial charge is 0.455 e. The van der Waals surface area contributed by atoms with E-state index in [0.717, 1.165) is 33.1 Å². The van der Waals surface area contributed by atoms with E-state index in [1.165, 1.54) is 66.1 Å². The van der Waals surface area contributed by atoms with E-state index >= 15 is 0 Å². The summed E-state index contributed by atoms with van der Waals surface area (Å²) in [6.45, 7) is 0. The summed E-state index contributed by atoms with van der Waals surface area (Å²) in [6.07, 6.45) is 0. The molecule has 10 rings (SSSR count). The van der Waals surface area contributed by atoms with E-state index < -0.39 is 0 Å². The van der Waals surface area contributed by atoms with Crippen LogP contribution in [0.5, 0.6) is 0 Å². The lowest BCUT2D eigenvalue weighted by Gasteiger charge is -2.20. The maximum atomic E-state index is 6.77. The van der Waals surface area contributed by atoms with Crippen molar-refractivity contribution >= 4 is 43.5 Å². The van der Waals surface area contributed by atoms with E-state index in [4.69, 9.17) is 4.42 Å². The van der Waals surface area contributed by atoms with Crippen molar-refractivity contribution < 1.29 is 4.42 Å². The second-order valence-corrected chi connectivity index (χ2v) is 13.2. The van der Waals surface area contributed by atoms with Crippen LogP contribution in [0.25, 0.3) is 99.1 Å². The third-order valence-corrected chi connectivity index (χ3v) is 10.3. The van der Waals surface area contributed by atoms with Gasteiger partial charge in [0.05, 0.1) is 0 Å². The number of para-hydroxylation sites is 1. The van der Waals surface area contributed by atoms with Crippen LogP contribution >= 0.6 is 0 Å². The van der Waals surface area contributed by atoms with Crippen LogP contribution in [0.15, 0.2) is 199 Å². The Hall–Kier alpha value is -6.70. The van der Waals surface area contributed by atoms with E-state index in [1.807, 2.05) is 0 Å². The summed E-state index contributed by atoms with van der Waals surface area (Å²) in [5.74, 6) is 0. The first-order valence-electron chi connectivity index (χ1n) is 17.5. The molecule has 51 heavy (non-hydrogen) atoms. The van der Waals surface area contributed by atoms with E-state index in [0.29, 0.717) is 0 Å². The van der Waals surface area contributed by atoms with Gasteiger partial charge in [0.25, 0.3) is 0 Å². The van der Waals surface area contributed by atoms with Crippen LogP contribution in [-0.4, -0.2) is 0 Å². The fourth-order valence-electron chi connectivity index (χ4n) is 7.96. The third-order valence-electron chi connectivity index (χ3n) is 10.3. The summed E-state index contributed by atoms with van der Waals surface area (Å²) in [4.78, 5) is 0. The van der Waals surface area contributed by atoms with E-state index in [2.05, 4.69) is 194 Å². The molecule has 0 amide bonds. The molecule has 0 radical (unpaired) electrons. The second-order valence-electron chi connectivity index (χ2n) is 13.2. The number of hydrogen-bond acceptors (Lipinski definition) is 1. The highest BCUT2D eigenvalue weighted by atomic mass is 16.3. The van der Waals surface area contributed by atoms with Gasteiger partial charge in [0.2, 0.25) is 0 Å². The highest BCUT2D eigenvalue weighted by molar-refractivity contribution is 6.26. The number of fused-ring (bicyclic) bond motifs is 5. The highest BCUT2D eigenvalue weighted by Gasteiger charge is 2.22. The minimum atomic E-state index is 0.890. The Balaban J connectivity index is 1.36. The molecule has 9 aromatic carbocycles. The van der Waals surface area contributed by atoms with Crippen molar-refractivity contribution in [3.63, 3.8) is 0 Å². The summed E-state index contributed by atoms with van der Waals surface area (Å²) in [7, 11) is 0. The van der Waals surface area contributed by atoms with Gasteiger partial charge in [-0.1, -0.05) is 176 Å². The predicted molar refractivity (Wildman–Crippen MR) is 216 cm³/mol. The fourth-order valence-corrected chi connectivity index (χ4v) is 7.96. The summed E-state index contributed by atoms with van der Waals surface area (Å²) in [5, 5.41) is 7.15. The van der Waals surface area contributed by atoms with E-state index in [9.17, 15) is 0 Å². The lowest BCUT2D eigenvalue weighted by molar-refractivity contribution is 0.670. The van der Waals surface area contributed by atoms with Crippen molar-refractivity contribution in [3.8, 4) is 55.6 Å². The van der Waals surface area contributed by atoms with Crippen molar-refractivity contribution in [3.05, 3.63) is 194 Å². The van der Waals surface area contributed by atoms with Crippen LogP contribution in [0.4, 0.5) is 0 Å². The van der Waals surface area contributed by atoms with Gasteiger partial charge in [-0.05, 0) is 89.8 Å². The highest BCUT2D eigenvalue weighted by Crippen LogP contribution is 2.49. The summed E-state index contributed by atoms with van der Waals surface area (Å²) in [5.41, 5.74) is 13.7. The molecule has 0 saturated heterocycles. The van der Waals surface area contributed by atoms with Crippen molar-refractivity contribution in [1.82, 2.24) is 0 Å². The molecule has 0 unspecified atom stereocenters. The van der Waals surface area contributed by atoms with Crippen LogP contribution in [0.2, 0.25) is 0 Å². The van der Waals surface area contributed by atoms with Gasteiger partial charge in [-0.15, -0.1) is 0 Å². The molecule has 10 aromatic rings. The Labute approximate surface area is 296 Å². The number of benzene rings is 9. The lowest BCUT2D eigenvalue weighted by Crippen LogP contribution is -1.93. The molecule has 1 nitrogen and oxygen atoms in total. The zero-order chi connectivity index (χ0) is 33.7. The quantitative estimate of drug-likeness (QED) is 0.169. The lowest BCUT2D eigenvalue weighted by atomic mass is 9.83. The van der Waals surface area contributed by atoms with E-state index in [-0.39, 0.29) is 0 Å². The van der Waals surface area contributed by atoms with Gasteiger partial charge in [0.15, 0.2) is 0 Å². The zero-order valence-corrected chi connectivity index (χ0v) is 27.9. The van der Waals surface area contributed by atoms with Crippen molar-refractivity contribution in [2.75, 3.05) is 0 Å². The molecular weight excluding hydrogens is 617 g/mol. The summed E-state index contributed by atoms with van der Waals surface area (Å²) in [6, 6.07) is 69.9.